The van der Waals surface area contributed by atoms with Crippen LogP contribution in [0.3, 0.4) is 0 Å². The zero-order valence-electron chi connectivity index (χ0n) is 9.31. The van der Waals surface area contributed by atoms with Crippen molar-refractivity contribution in [1.29, 1.82) is 0 Å². The zero-order chi connectivity index (χ0) is 12.3. The van der Waals surface area contributed by atoms with Gasteiger partial charge in [-0.3, -0.25) is 10.1 Å². The van der Waals surface area contributed by atoms with E-state index in [1.807, 2.05) is 6.92 Å². The second kappa shape index (κ2) is 5.03. The fraction of sp³-hybridized carbons (Fsp3) is 0.455. The summed E-state index contributed by atoms with van der Waals surface area (Å²) < 4.78 is 13.1. The average Bonchev–Trinajstić information content (AvgIpc) is 2.26. The van der Waals surface area contributed by atoms with Crippen LogP contribution >= 0.6 is 0 Å². The Labute approximate surface area is 93.4 Å². The lowest BCUT2D eigenvalue weighted by atomic mass is 9.91. The standard InChI is InChI=1S/C11H15FN2O2/c1-3-10(13)7(2)9-6-8(12)4-5-11(9)14(15)16/h4-7,10H,3,13H2,1-2H3. The normalized spacial score (nSPS) is 14.5. The molecule has 1 aromatic rings. The number of nitro benzene ring substituents is 1. The molecule has 0 saturated carbocycles. The van der Waals surface area contributed by atoms with Gasteiger partial charge in [-0.1, -0.05) is 13.8 Å². The van der Waals surface area contributed by atoms with Crippen molar-refractivity contribution < 1.29 is 9.31 Å². The Morgan fingerprint density at radius 2 is 2.19 bits per heavy atom. The Balaban J connectivity index is 3.19. The van der Waals surface area contributed by atoms with Crippen molar-refractivity contribution in [3.05, 3.63) is 39.7 Å². The second-order valence-electron chi connectivity index (χ2n) is 3.82. The molecule has 0 fully saturated rings. The molecule has 0 radical (unpaired) electrons. The number of hydrogen-bond acceptors (Lipinski definition) is 3. The van der Waals surface area contributed by atoms with Crippen molar-refractivity contribution >= 4 is 5.69 Å². The molecule has 5 heteroatoms. The maximum absolute atomic E-state index is 13.1. The molecule has 1 rings (SSSR count). The van der Waals surface area contributed by atoms with Crippen molar-refractivity contribution in [3.8, 4) is 0 Å². The fourth-order valence-electron chi connectivity index (χ4n) is 1.64. The number of benzene rings is 1. The van der Waals surface area contributed by atoms with Crippen LogP contribution in [0.2, 0.25) is 0 Å². The van der Waals surface area contributed by atoms with E-state index in [9.17, 15) is 14.5 Å². The van der Waals surface area contributed by atoms with Crippen LogP contribution in [0.1, 0.15) is 31.7 Å². The van der Waals surface area contributed by atoms with Gasteiger partial charge in [0, 0.05) is 23.6 Å². The van der Waals surface area contributed by atoms with Crippen LogP contribution in [-0.4, -0.2) is 11.0 Å². The third-order valence-corrected chi connectivity index (χ3v) is 2.79. The molecular weight excluding hydrogens is 211 g/mol. The summed E-state index contributed by atoms with van der Waals surface area (Å²) >= 11 is 0. The van der Waals surface area contributed by atoms with Crippen LogP contribution in [-0.2, 0) is 0 Å². The van der Waals surface area contributed by atoms with E-state index in [1.165, 1.54) is 12.1 Å². The highest BCUT2D eigenvalue weighted by molar-refractivity contribution is 5.43. The second-order valence-corrected chi connectivity index (χ2v) is 3.82. The van der Waals surface area contributed by atoms with Gasteiger partial charge in [0.05, 0.1) is 4.92 Å². The maximum Gasteiger partial charge on any atom is 0.273 e. The molecule has 0 aliphatic rings. The van der Waals surface area contributed by atoms with Crippen LogP contribution in [0.5, 0.6) is 0 Å². The summed E-state index contributed by atoms with van der Waals surface area (Å²) in [6.07, 6.45) is 0.689. The van der Waals surface area contributed by atoms with Gasteiger partial charge in [0.15, 0.2) is 0 Å². The molecule has 0 aromatic heterocycles. The largest absolute Gasteiger partial charge is 0.327 e. The van der Waals surface area contributed by atoms with Crippen LogP contribution < -0.4 is 5.73 Å². The smallest absolute Gasteiger partial charge is 0.273 e. The molecule has 16 heavy (non-hydrogen) atoms. The topological polar surface area (TPSA) is 69.2 Å². The van der Waals surface area contributed by atoms with Gasteiger partial charge in [-0.2, -0.15) is 0 Å². The predicted octanol–water partition coefficient (Wildman–Crippen LogP) is 2.57. The summed E-state index contributed by atoms with van der Waals surface area (Å²) in [4.78, 5) is 10.3. The minimum atomic E-state index is -0.506. The Hall–Kier alpha value is -1.49. The first-order chi connectivity index (χ1) is 7.47. The lowest BCUT2D eigenvalue weighted by Crippen LogP contribution is -2.26. The van der Waals surface area contributed by atoms with E-state index in [-0.39, 0.29) is 17.6 Å². The van der Waals surface area contributed by atoms with Crippen molar-refractivity contribution in [2.24, 2.45) is 5.73 Å². The average molecular weight is 226 g/mol. The molecule has 0 amide bonds. The molecule has 0 heterocycles. The first kappa shape index (κ1) is 12.6. The zero-order valence-corrected chi connectivity index (χ0v) is 9.31. The van der Waals surface area contributed by atoms with Crippen LogP contribution in [0.25, 0.3) is 0 Å². The molecule has 0 spiro atoms. The maximum atomic E-state index is 13.1. The van der Waals surface area contributed by atoms with Crippen LogP contribution in [0, 0.1) is 15.9 Å². The van der Waals surface area contributed by atoms with E-state index in [4.69, 9.17) is 5.73 Å². The van der Waals surface area contributed by atoms with E-state index < -0.39 is 10.7 Å². The molecule has 1 aromatic carbocycles. The Bertz CT molecular complexity index is 396. The summed E-state index contributed by atoms with van der Waals surface area (Å²) in [6, 6.07) is 3.26. The highest BCUT2D eigenvalue weighted by Gasteiger charge is 2.23. The first-order valence-electron chi connectivity index (χ1n) is 5.16. The molecule has 0 aliphatic heterocycles. The summed E-state index contributed by atoms with van der Waals surface area (Å²) in [5.41, 5.74) is 6.11. The number of nitrogens with zero attached hydrogens (tertiary/aromatic N) is 1. The summed E-state index contributed by atoms with van der Waals surface area (Å²) in [7, 11) is 0. The number of hydrogen-bond donors (Lipinski definition) is 1. The van der Waals surface area contributed by atoms with Crippen LogP contribution in [0.15, 0.2) is 18.2 Å². The number of halogens is 1. The summed E-state index contributed by atoms with van der Waals surface area (Å²) in [5.74, 6) is -0.711. The summed E-state index contributed by atoms with van der Waals surface area (Å²) in [6.45, 7) is 3.67. The van der Waals surface area contributed by atoms with Gasteiger partial charge >= 0.3 is 0 Å². The molecule has 0 saturated heterocycles. The molecule has 0 bridgehead atoms. The van der Waals surface area contributed by atoms with Crippen LogP contribution in [0.4, 0.5) is 10.1 Å². The van der Waals surface area contributed by atoms with E-state index in [0.29, 0.717) is 12.0 Å². The van der Waals surface area contributed by atoms with Gasteiger partial charge in [-0.15, -0.1) is 0 Å². The number of nitrogens with two attached hydrogens (primary N) is 1. The van der Waals surface area contributed by atoms with Gasteiger partial charge in [0.1, 0.15) is 5.82 Å². The SMILES string of the molecule is CCC(N)C(C)c1cc(F)ccc1[N+](=O)[O-]. The molecule has 2 atom stereocenters. The minimum Gasteiger partial charge on any atom is -0.327 e. The van der Waals surface area contributed by atoms with E-state index >= 15 is 0 Å². The quantitative estimate of drug-likeness (QED) is 0.633. The van der Waals surface area contributed by atoms with E-state index in [2.05, 4.69) is 0 Å². The van der Waals surface area contributed by atoms with Gasteiger partial charge < -0.3 is 5.73 Å². The number of rotatable bonds is 4. The minimum absolute atomic E-state index is 0.0715. The van der Waals surface area contributed by atoms with Crippen molar-refractivity contribution in [2.45, 2.75) is 32.2 Å². The van der Waals surface area contributed by atoms with Gasteiger partial charge in [0.2, 0.25) is 0 Å². The van der Waals surface area contributed by atoms with Crippen molar-refractivity contribution in [1.82, 2.24) is 0 Å². The molecular formula is C11H15FN2O2. The molecule has 88 valence electrons. The lowest BCUT2D eigenvalue weighted by Gasteiger charge is -2.18. The third kappa shape index (κ3) is 2.55. The highest BCUT2D eigenvalue weighted by Crippen LogP contribution is 2.29. The van der Waals surface area contributed by atoms with Crippen molar-refractivity contribution in [2.75, 3.05) is 0 Å². The predicted molar refractivity (Wildman–Crippen MR) is 59.7 cm³/mol. The molecule has 2 N–H and O–H groups in total. The van der Waals surface area contributed by atoms with Gasteiger partial charge in [0.25, 0.3) is 5.69 Å². The van der Waals surface area contributed by atoms with Gasteiger partial charge in [-0.25, -0.2) is 4.39 Å². The highest BCUT2D eigenvalue weighted by atomic mass is 19.1. The Morgan fingerprint density at radius 3 is 2.69 bits per heavy atom. The number of nitro groups is 1. The van der Waals surface area contributed by atoms with E-state index in [0.717, 1.165) is 6.07 Å². The fourth-order valence-corrected chi connectivity index (χ4v) is 1.64. The Kier molecular flexibility index (Phi) is 3.95. The van der Waals surface area contributed by atoms with Crippen molar-refractivity contribution in [3.63, 3.8) is 0 Å². The monoisotopic (exact) mass is 226 g/mol. The molecule has 2 unspecified atom stereocenters. The molecule has 4 nitrogen and oxygen atoms in total. The Morgan fingerprint density at radius 1 is 1.56 bits per heavy atom. The lowest BCUT2D eigenvalue weighted by molar-refractivity contribution is -0.385. The van der Waals surface area contributed by atoms with Gasteiger partial charge in [-0.05, 0) is 18.6 Å². The first-order valence-corrected chi connectivity index (χ1v) is 5.16. The third-order valence-electron chi connectivity index (χ3n) is 2.79. The summed E-state index contributed by atoms with van der Waals surface area (Å²) in [5, 5.41) is 10.8. The van der Waals surface area contributed by atoms with E-state index in [1.54, 1.807) is 6.92 Å². The molecule has 0 aliphatic carbocycles.